The van der Waals surface area contributed by atoms with Crippen LogP contribution in [0.2, 0.25) is 0 Å². The molecule has 1 saturated heterocycles. The highest BCUT2D eigenvalue weighted by molar-refractivity contribution is 5.94. The number of nitrogens with one attached hydrogen (secondary N) is 2. The Bertz CT molecular complexity index is 809. The first-order valence-electron chi connectivity index (χ1n) is 9.56. The van der Waals surface area contributed by atoms with Gasteiger partial charge in [0.25, 0.3) is 5.91 Å². The van der Waals surface area contributed by atoms with Crippen molar-refractivity contribution in [2.75, 3.05) is 43.5 Å². The van der Waals surface area contributed by atoms with E-state index < -0.39 is 6.61 Å². The van der Waals surface area contributed by atoms with Crippen LogP contribution in [-0.4, -0.2) is 51.8 Å². The number of para-hydroxylation sites is 2. The van der Waals surface area contributed by atoms with Gasteiger partial charge in [-0.05, 0) is 43.3 Å². The number of hydrogen-bond acceptors (Lipinski definition) is 4. The van der Waals surface area contributed by atoms with Crippen LogP contribution in [0.25, 0.3) is 0 Å². The number of quaternary nitrogens is 1. The van der Waals surface area contributed by atoms with Gasteiger partial charge in [0.1, 0.15) is 11.5 Å². The highest BCUT2D eigenvalue weighted by atomic mass is 19.3. The van der Waals surface area contributed by atoms with Crippen LogP contribution in [-0.2, 0) is 4.79 Å². The van der Waals surface area contributed by atoms with Crippen LogP contribution < -0.4 is 24.6 Å². The zero-order chi connectivity index (χ0) is 20.8. The van der Waals surface area contributed by atoms with Crippen molar-refractivity contribution in [1.82, 2.24) is 0 Å². The molecule has 0 radical (unpaired) electrons. The van der Waals surface area contributed by atoms with Crippen LogP contribution in [0, 0.1) is 0 Å². The van der Waals surface area contributed by atoms with E-state index in [-0.39, 0.29) is 23.4 Å². The Morgan fingerprint density at radius 2 is 1.76 bits per heavy atom. The normalized spacial score (nSPS) is 15.8. The Hall–Kier alpha value is -2.87. The zero-order valence-corrected chi connectivity index (χ0v) is 16.5. The highest BCUT2D eigenvalue weighted by Gasteiger charge is 2.29. The van der Waals surface area contributed by atoms with Crippen molar-refractivity contribution >= 4 is 17.3 Å². The lowest BCUT2D eigenvalue weighted by Crippen LogP contribution is -3.19. The molecule has 2 aromatic rings. The lowest BCUT2D eigenvalue weighted by atomic mass is 10.2. The summed E-state index contributed by atoms with van der Waals surface area (Å²) in [6.45, 7) is 2.16. The Balaban J connectivity index is 1.56. The molecule has 0 unspecified atom stereocenters. The molecule has 0 spiro atoms. The van der Waals surface area contributed by atoms with Crippen LogP contribution in [0.3, 0.4) is 0 Å². The van der Waals surface area contributed by atoms with Crippen molar-refractivity contribution in [2.24, 2.45) is 0 Å². The summed E-state index contributed by atoms with van der Waals surface area (Å²) in [4.78, 5) is 16.1. The van der Waals surface area contributed by atoms with Gasteiger partial charge in [0.05, 0.1) is 39.0 Å². The molecule has 3 rings (SSSR count). The molecule has 8 heteroatoms. The number of anilines is 2. The second-order valence-electron chi connectivity index (χ2n) is 6.93. The Kier molecular flexibility index (Phi) is 6.87. The summed E-state index contributed by atoms with van der Waals surface area (Å²) in [7, 11) is 1.64. The molecule has 29 heavy (non-hydrogen) atoms. The van der Waals surface area contributed by atoms with E-state index in [1.165, 1.54) is 6.07 Å². The molecule has 0 aliphatic carbocycles. The molecule has 0 aromatic heterocycles. The Morgan fingerprint density at radius 1 is 1.10 bits per heavy atom. The summed E-state index contributed by atoms with van der Waals surface area (Å²) < 4.78 is 34.8. The number of carbonyl (C=O) groups excluding carboxylic acids is 1. The maximum absolute atomic E-state index is 12.7. The molecule has 0 saturated carbocycles. The lowest BCUT2D eigenvalue weighted by Gasteiger charge is -2.36. The fourth-order valence-electron chi connectivity index (χ4n) is 3.47. The molecule has 1 atom stereocenters. The number of alkyl halides is 2. The summed E-state index contributed by atoms with van der Waals surface area (Å²) >= 11 is 0. The van der Waals surface area contributed by atoms with E-state index in [1.807, 2.05) is 31.2 Å². The number of hydrogen-bond donors (Lipinski definition) is 2. The van der Waals surface area contributed by atoms with E-state index >= 15 is 0 Å². The molecule has 6 nitrogen and oxygen atoms in total. The third-order valence-electron chi connectivity index (χ3n) is 5.21. The number of amides is 1. The fourth-order valence-corrected chi connectivity index (χ4v) is 3.47. The van der Waals surface area contributed by atoms with Gasteiger partial charge in [0.15, 0.2) is 6.04 Å². The number of ether oxygens (including phenoxy) is 2. The van der Waals surface area contributed by atoms with Gasteiger partial charge in [-0.15, -0.1) is 0 Å². The number of rotatable bonds is 7. The molecule has 0 bridgehead atoms. The molecule has 2 aromatic carbocycles. The monoisotopic (exact) mass is 406 g/mol. The van der Waals surface area contributed by atoms with Crippen LogP contribution in [0.15, 0.2) is 48.5 Å². The Labute approximate surface area is 169 Å². The predicted molar refractivity (Wildman–Crippen MR) is 107 cm³/mol. The largest absolute Gasteiger partial charge is 0.497 e. The molecule has 1 amide bonds. The van der Waals surface area contributed by atoms with Crippen molar-refractivity contribution < 1.29 is 27.9 Å². The molecule has 2 N–H and O–H groups in total. The van der Waals surface area contributed by atoms with Crippen molar-refractivity contribution in [1.29, 1.82) is 0 Å². The minimum atomic E-state index is -2.94. The summed E-state index contributed by atoms with van der Waals surface area (Å²) in [5, 5.41) is 2.72. The van der Waals surface area contributed by atoms with E-state index in [9.17, 15) is 13.6 Å². The average Bonchev–Trinajstić information content (AvgIpc) is 2.74. The third kappa shape index (κ3) is 5.35. The average molecular weight is 406 g/mol. The lowest BCUT2D eigenvalue weighted by molar-refractivity contribution is -0.914. The van der Waals surface area contributed by atoms with Gasteiger partial charge in [0, 0.05) is 5.69 Å². The molecule has 1 heterocycles. The van der Waals surface area contributed by atoms with Gasteiger partial charge in [-0.2, -0.15) is 8.78 Å². The molecule has 1 fully saturated rings. The van der Waals surface area contributed by atoms with E-state index in [0.29, 0.717) is 0 Å². The molecule has 156 valence electrons. The van der Waals surface area contributed by atoms with Gasteiger partial charge in [-0.3, -0.25) is 4.79 Å². The van der Waals surface area contributed by atoms with Crippen molar-refractivity contribution in [2.45, 2.75) is 19.6 Å². The first-order valence-corrected chi connectivity index (χ1v) is 9.56. The van der Waals surface area contributed by atoms with E-state index in [0.717, 1.165) is 42.5 Å². The van der Waals surface area contributed by atoms with E-state index in [1.54, 1.807) is 25.3 Å². The number of piperazine rings is 1. The zero-order valence-electron chi connectivity index (χ0n) is 16.5. The highest BCUT2D eigenvalue weighted by Crippen LogP contribution is 2.25. The van der Waals surface area contributed by atoms with Crippen molar-refractivity contribution in [3.05, 3.63) is 48.5 Å². The van der Waals surface area contributed by atoms with E-state index in [2.05, 4.69) is 15.0 Å². The van der Waals surface area contributed by atoms with Crippen LogP contribution in [0.4, 0.5) is 20.2 Å². The first-order chi connectivity index (χ1) is 14.0. The summed E-state index contributed by atoms with van der Waals surface area (Å²) in [6, 6.07) is 13.8. The fraction of sp³-hybridized carbons (Fsp3) is 0.381. The maximum Gasteiger partial charge on any atom is 0.387 e. The smallest absolute Gasteiger partial charge is 0.387 e. The number of nitrogens with zero attached hydrogens (tertiary/aromatic N) is 1. The second-order valence-corrected chi connectivity index (χ2v) is 6.93. The number of methoxy groups -OCH3 is 1. The Morgan fingerprint density at radius 3 is 2.38 bits per heavy atom. The molecular weight excluding hydrogens is 380 g/mol. The second kappa shape index (κ2) is 9.56. The molecule has 1 aliphatic heterocycles. The quantitative estimate of drug-likeness (QED) is 0.739. The van der Waals surface area contributed by atoms with Crippen LogP contribution in [0.5, 0.6) is 11.5 Å². The minimum absolute atomic E-state index is 0.0395. The summed E-state index contributed by atoms with van der Waals surface area (Å²) in [5.41, 5.74) is 1.38. The summed E-state index contributed by atoms with van der Waals surface area (Å²) in [5.74, 6) is 0.560. The van der Waals surface area contributed by atoms with E-state index in [4.69, 9.17) is 4.74 Å². The van der Waals surface area contributed by atoms with Gasteiger partial charge >= 0.3 is 6.61 Å². The number of halogens is 2. The van der Waals surface area contributed by atoms with Gasteiger partial charge in [-0.1, -0.05) is 12.1 Å². The van der Waals surface area contributed by atoms with Crippen molar-refractivity contribution in [3.63, 3.8) is 0 Å². The SMILES string of the molecule is COc1ccc(N2CC[NH+]([C@@H](C)C(=O)Nc3ccccc3OC(F)F)CC2)cc1. The molecule has 1 aliphatic rings. The van der Waals surface area contributed by atoms with Crippen molar-refractivity contribution in [3.8, 4) is 11.5 Å². The standard InChI is InChI=1S/C21H25F2N3O3/c1-15(20(27)24-18-5-3-4-6-19(18)29-21(22)23)25-11-13-26(14-12-25)16-7-9-17(28-2)10-8-16/h3-10,15,21H,11-14H2,1-2H3,(H,24,27)/p+1/t15-/m0/s1. The predicted octanol–water partition coefficient (Wildman–Crippen LogP) is 2.03. The first kappa shape index (κ1) is 20.9. The van der Waals surface area contributed by atoms with Gasteiger partial charge in [-0.25, -0.2) is 0 Å². The molecular formula is C21H26F2N3O3+. The van der Waals surface area contributed by atoms with Gasteiger partial charge in [0.2, 0.25) is 0 Å². The van der Waals surface area contributed by atoms with Crippen LogP contribution in [0.1, 0.15) is 6.92 Å². The summed E-state index contributed by atoms with van der Waals surface area (Å²) in [6.07, 6.45) is 0. The minimum Gasteiger partial charge on any atom is -0.497 e. The topological polar surface area (TPSA) is 55.2 Å². The van der Waals surface area contributed by atoms with Crippen LogP contribution >= 0.6 is 0 Å². The number of carbonyl (C=O) groups is 1. The third-order valence-corrected chi connectivity index (χ3v) is 5.21. The number of benzene rings is 2. The maximum atomic E-state index is 12.7. The van der Waals surface area contributed by atoms with Gasteiger partial charge < -0.3 is 24.6 Å².